The molecule has 0 aromatic carbocycles. The molecule has 17 heavy (non-hydrogen) atoms. The van der Waals surface area contributed by atoms with Crippen LogP contribution in [0.3, 0.4) is 0 Å². The summed E-state index contributed by atoms with van der Waals surface area (Å²) in [6.45, 7) is 2.44. The first-order valence-corrected chi connectivity index (χ1v) is 4.19. The molecule has 0 aromatic rings. The molecular weight excluding hydrogens is 254 g/mol. The van der Waals surface area contributed by atoms with Crippen LogP contribution in [0.5, 0.6) is 0 Å². The zero-order valence-corrected chi connectivity index (χ0v) is 8.74. The van der Waals surface area contributed by atoms with Crippen LogP contribution in [0, 0.1) is 0 Å². The van der Waals surface area contributed by atoms with Crippen molar-refractivity contribution < 1.29 is 35.9 Å². The van der Waals surface area contributed by atoms with E-state index >= 15 is 0 Å². The highest BCUT2D eigenvalue weighted by molar-refractivity contribution is 5.94. The predicted octanol–water partition coefficient (Wildman–Crippen LogP) is 3.50. The van der Waals surface area contributed by atoms with Gasteiger partial charge in [0, 0.05) is 6.08 Å². The van der Waals surface area contributed by atoms with E-state index < -0.39 is 30.0 Å². The quantitative estimate of drug-likeness (QED) is 0.442. The number of hydrogen-bond donors (Lipinski definition) is 0. The molecule has 0 saturated heterocycles. The van der Waals surface area contributed by atoms with Gasteiger partial charge in [0.1, 0.15) is 0 Å². The Morgan fingerprint density at radius 1 is 1.06 bits per heavy atom. The van der Waals surface area contributed by atoms with Crippen molar-refractivity contribution in [3.63, 3.8) is 0 Å². The van der Waals surface area contributed by atoms with Gasteiger partial charge in [-0.25, -0.2) is 0 Å². The first-order valence-electron chi connectivity index (χ1n) is 4.19. The SMILES string of the molecule is CC=C(C)O/C(=C\C(=O)C(F)(F)F)C(F)(F)F. The van der Waals surface area contributed by atoms with Crippen LogP contribution in [0.15, 0.2) is 23.7 Å². The zero-order chi connectivity index (χ0) is 13.9. The standard InChI is InChI=1S/C9H8F6O2/c1-3-5(2)17-7(9(13,14)15)4-6(16)8(10,11)12/h3-4H,1-2H3/b5-3?,7-4-. The lowest BCUT2D eigenvalue weighted by atomic mass is 10.3. The number of ether oxygens (including phenoxy) is 1. The van der Waals surface area contributed by atoms with Crippen LogP contribution in [0.1, 0.15) is 13.8 Å². The number of carbonyl (C=O) groups is 1. The molecule has 0 aliphatic rings. The Balaban J connectivity index is 5.22. The summed E-state index contributed by atoms with van der Waals surface area (Å²) in [4.78, 5) is 10.4. The van der Waals surface area contributed by atoms with Gasteiger partial charge in [0.15, 0.2) is 0 Å². The molecule has 8 heteroatoms. The summed E-state index contributed by atoms with van der Waals surface area (Å²) in [6.07, 6.45) is -10.1. The van der Waals surface area contributed by atoms with Crippen molar-refractivity contribution in [3.05, 3.63) is 23.7 Å². The minimum Gasteiger partial charge on any atom is -0.457 e. The van der Waals surface area contributed by atoms with E-state index in [1.165, 1.54) is 6.92 Å². The monoisotopic (exact) mass is 262 g/mol. The second-order valence-corrected chi connectivity index (χ2v) is 2.87. The van der Waals surface area contributed by atoms with Crippen molar-refractivity contribution in [2.75, 3.05) is 0 Å². The third kappa shape index (κ3) is 5.41. The molecule has 0 unspecified atom stereocenters. The van der Waals surface area contributed by atoms with Gasteiger partial charge < -0.3 is 4.74 Å². The van der Waals surface area contributed by atoms with Crippen molar-refractivity contribution in [1.29, 1.82) is 0 Å². The molecule has 0 spiro atoms. The van der Waals surface area contributed by atoms with Crippen LogP contribution in [-0.2, 0) is 9.53 Å². The lowest BCUT2D eigenvalue weighted by Gasteiger charge is -2.13. The van der Waals surface area contributed by atoms with Gasteiger partial charge in [0.05, 0.1) is 5.76 Å². The molecule has 0 aliphatic carbocycles. The van der Waals surface area contributed by atoms with Crippen molar-refractivity contribution in [3.8, 4) is 0 Å². The molecule has 0 atom stereocenters. The van der Waals surface area contributed by atoms with Gasteiger partial charge in [-0.2, -0.15) is 26.3 Å². The number of halogens is 6. The number of carbonyl (C=O) groups excluding carboxylic acids is 1. The van der Waals surface area contributed by atoms with Crippen LogP contribution in [0.25, 0.3) is 0 Å². The Hall–Kier alpha value is -1.47. The molecule has 0 radical (unpaired) electrons. The van der Waals surface area contributed by atoms with Gasteiger partial charge in [0.25, 0.3) is 5.78 Å². The maximum atomic E-state index is 12.2. The summed E-state index contributed by atoms with van der Waals surface area (Å²) in [5, 5.41) is 0. The van der Waals surface area contributed by atoms with Crippen LogP contribution in [-0.4, -0.2) is 18.1 Å². The normalized spacial score (nSPS) is 14.8. The number of hydrogen-bond acceptors (Lipinski definition) is 2. The highest BCUT2D eigenvalue weighted by Crippen LogP contribution is 2.29. The van der Waals surface area contributed by atoms with E-state index in [9.17, 15) is 31.1 Å². The van der Waals surface area contributed by atoms with Gasteiger partial charge in [-0.05, 0) is 19.9 Å². The molecular formula is C9H8F6O2. The summed E-state index contributed by atoms with van der Waals surface area (Å²) in [6, 6.07) is 0. The van der Waals surface area contributed by atoms with Gasteiger partial charge in [-0.15, -0.1) is 0 Å². The highest BCUT2D eigenvalue weighted by Gasteiger charge is 2.42. The Bertz CT molecular complexity index is 347. The molecule has 98 valence electrons. The molecule has 0 amide bonds. The van der Waals surface area contributed by atoms with Crippen LogP contribution in [0.2, 0.25) is 0 Å². The fourth-order valence-electron chi connectivity index (χ4n) is 0.602. The van der Waals surface area contributed by atoms with Crippen molar-refractivity contribution in [2.45, 2.75) is 26.2 Å². The first kappa shape index (κ1) is 15.5. The second kappa shape index (κ2) is 5.24. The number of allylic oxidation sites excluding steroid dienone is 4. The van der Waals surface area contributed by atoms with E-state index in [0.717, 1.165) is 13.0 Å². The maximum absolute atomic E-state index is 12.2. The summed E-state index contributed by atoms with van der Waals surface area (Å²) in [7, 11) is 0. The number of rotatable bonds is 3. The van der Waals surface area contributed by atoms with E-state index in [0.29, 0.717) is 0 Å². The summed E-state index contributed by atoms with van der Waals surface area (Å²) < 4.78 is 76.1. The fraction of sp³-hybridized carbons (Fsp3) is 0.444. The lowest BCUT2D eigenvalue weighted by Crippen LogP contribution is -2.24. The van der Waals surface area contributed by atoms with Crippen molar-refractivity contribution in [1.82, 2.24) is 0 Å². The largest absolute Gasteiger partial charge is 0.457 e. The van der Waals surface area contributed by atoms with Crippen molar-refractivity contribution >= 4 is 5.78 Å². The smallest absolute Gasteiger partial charge is 0.454 e. The van der Waals surface area contributed by atoms with E-state index in [1.807, 2.05) is 0 Å². The van der Waals surface area contributed by atoms with Gasteiger partial charge in [-0.1, -0.05) is 0 Å². The van der Waals surface area contributed by atoms with Crippen LogP contribution >= 0.6 is 0 Å². The van der Waals surface area contributed by atoms with Crippen molar-refractivity contribution in [2.24, 2.45) is 0 Å². The third-order valence-corrected chi connectivity index (χ3v) is 1.50. The topological polar surface area (TPSA) is 26.3 Å². The van der Waals surface area contributed by atoms with E-state index in [1.54, 1.807) is 0 Å². The second-order valence-electron chi connectivity index (χ2n) is 2.87. The Kier molecular flexibility index (Phi) is 4.79. The van der Waals surface area contributed by atoms with E-state index in [2.05, 4.69) is 4.74 Å². The average Bonchev–Trinajstić information content (AvgIpc) is 2.13. The van der Waals surface area contributed by atoms with Gasteiger partial charge in [-0.3, -0.25) is 4.79 Å². The molecule has 0 heterocycles. The minimum atomic E-state index is -5.37. The highest BCUT2D eigenvalue weighted by atomic mass is 19.4. The van der Waals surface area contributed by atoms with Gasteiger partial charge >= 0.3 is 12.4 Å². The molecule has 0 saturated carbocycles. The minimum absolute atomic E-state index is 0.274. The molecule has 0 aromatic heterocycles. The molecule has 0 N–H and O–H groups in total. The predicted molar refractivity (Wildman–Crippen MR) is 45.7 cm³/mol. The summed E-state index contributed by atoms with van der Waals surface area (Å²) >= 11 is 0. The Labute approximate surface area is 92.5 Å². The van der Waals surface area contributed by atoms with Gasteiger partial charge in [0.2, 0.25) is 5.76 Å². The van der Waals surface area contributed by atoms with E-state index in [-0.39, 0.29) is 5.76 Å². The fourth-order valence-corrected chi connectivity index (χ4v) is 0.602. The number of alkyl halides is 6. The summed E-state index contributed by atoms with van der Waals surface area (Å²) in [5.74, 6) is -4.91. The molecule has 0 fully saturated rings. The third-order valence-electron chi connectivity index (χ3n) is 1.50. The molecule has 0 rings (SSSR count). The molecule has 0 bridgehead atoms. The Morgan fingerprint density at radius 3 is 1.82 bits per heavy atom. The lowest BCUT2D eigenvalue weighted by molar-refractivity contribution is -0.166. The summed E-state index contributed by atoms with van der Waals surface area (Å²) in [5.41, 5.74) is 0. The van der Waals surface area contributed by atoms with Crippen LogP contribution in [0.4, 0.5) is 26.3 Å². The average molecular weight is 262 g/mol. The zero-order valence-electron chi connectivity index (χ0n) is 8.74. The maximum Gasteiger partial charge on any atom is 0.454 e. The molecule has 0 aliphatic heterocycles. The van der Waals surface area contributed by atoms with Crippen LogP contribution < -0.4 is 0 Å². The number of ketones is 1. The first-order chi connectivity index (χ1) is 7.48. The van der Waals surface area contributed by atoms with E-state index in [4.69, 9.17) is 0 Å². The molecule has 2 nitrogen and oxygen atoms in total. The Morgan fingerprint density at radius 2 is 1.53 bits per heavy atom.